The summed E-state index contributed by atoms with van der Waals surface area (Å²) in [5.74, 6) is 0.219. The van der Waals surface area contributed by atoms with Gasteiger partial charge in [0, 0.05) is 0 Å². The Bertz CT molecular complexity index is 562. The highest BCUT2D eigenvalue weighted by molar-refractivity contribution is 9.10. The van der Waals surface area contributed by atoms with E-state index in [0.717, 1.165) is 0 Å². The van der Waals surface area contributed by atoms with Gasteiger partial charge in [0.1, 0.15) is 0 Å². The molecular weight excluding hydrogens is 346 g/mol. The van der Waals surface area contributed by atoms with Crippen LogP contribution in [0.1, 0.15) is 5.56 Å². The van der Waals surface area contributed by atoms with Crippen LogP contribution in [0.2, 0.25) is 0 Å². The molecule has 1 aromatic carbocycles. The van der Waals surface area contributed by atoms with Crippen molar-refractivity contribution in [3.05, 3.63) is 22.2 Å². The first-order valence-corrected chi connectivity index (χ1v) is 6.43. The van der Waals surface area contributed by atoms with Crippen LogP contribution < -0.4 is 20.6 Å². The molecule has 0 aromatic heterocycles. The van der Waals surface area contributed by atoms with Crippen molar-refractivity contribution >= 4 is 34.1 Å². The van der Waals surface area contributed by atoms with Crippen LogP contribution in [0.15, 0.2) is 21.7 Å². The quantitative estimate of drug-likeness (QED) is 0.447. The molecule has 0 aliphatic heterocycles. The molecule has 1 aromatic rings. The van der Waals surface area contributed by atoms with E-state index in [-0.39, 0.29) is 6.61 Å². The minimum Gasteiger partial charge on any atom is -0.493 e. The van der Waals surface area contributed by atoms with Gasteiger partial charge in [-0.1, -0.05) is 0 Å². The zero-order valence-corrected chi connectivity index (χ0v) is 13.0. The second-order valence-electron chi connectivity index (χ2n) is 3.63. The summed E-state index contributed by atoms with van der Waals surface area (Å²) in [6, 6.07) is 2.51. The van der Waals surface area contributed by atoms with Crippen molar-refractivity contribution in [3.63, 3.8) is 0 Å². The van der Waals surface area contributed by atoms with E-state index in [0.29, 0.717) is 21.5 Å². The van der Waals surface area contributed by atoms with Crippen LogP contribution in [0.3, 0.4) is 0 Å². The Labute approximate surface area is 129 Å². The summed E-state index contributed by atoms with van der Waals surface area (Å²) in [6.45, 7) is -0.248. The lowest BCUT2D eigenvalue weighted by Crippen LogP contribution is -2.24. The van der Waals surface area contributed by atoms with Crippen molar-refractivity contribution in [2.24, 2.45) is 10.8 Å². The number of nitrogens with zero attached hydrogens (tertiary/aromatic N) is 1. The molecule has 0 spiro atoms. The van der Waals surface area contributed by atoms with Crippen molar-refractivity contribution in [1.29, 1.82) is 0 Å². The largest absolute Gasteiger partial charge is 0.493 e. The van der Waals surface area contributed by atoms with E-state index in [1.807, 2.05) is 0 Å². The van der Waals surface area contributed by atoms with Gasteiger partial charge < -0.3 is 19.9 Å². The highest BCUT2D eigenvalue weighted by Crippen LogP contribution is 2.36. The number of methoxy groups -OCH3 is 2. The highest BCUT2D eigenvalue weighted by Gasteiger charge is 2.13. The monoisotopic (exact) mass is 359 g/mol. The lowest BCUT2D eigenvalue weighted by Gasteiger charge is -2.12. The van der Waals surface area contributed by atoms with Crippen molar-refractivity contribution in [2.45, 2.75) is 0 Å². The molecule has 0 aliphatic carbocycles. The molecule has 1 rings (SSSR count). The van der Waals surface area contributed by atoms with Crippen molar-refractivity contribution in [1.82, 2.24) is 5.43 Å². The first-order chi connectivity index (χ1) is 9.97. The van der Waals surface area contributed by atoms with Crippen molar-refractivity contribution in [2.75, 3.05) is 20.8 Å². The van der Waals surface area contributed by atoms with Gasteiger partial charge in [-0.25, -0.2) is 15.0 Å². The predicted molar refractivity (Wildman–Crippen MR) is 78.5 cm³/mol. The molecule has 3 N–H and O–H groups in total. The number of halogens is 1. The predicted octanol–water partition coefficient (Wildman–Crippen LogP) is 1.01. The maximum Gasteiger partial charge on any atom is 0.343 e. The number of esters is 1. The number of carbonyl (C=O) groups is 2. The van der Waals surface area contributed by atoms with Gasteiger partial charge in [-0.2, -0.15) is 5.10 Å². The number of hydrogen-bond acceptors (Lipinski definition) is 6. The van der Waals surface area contributed by atoms with E-state index in [2.05, 4.69) is 31.2 Å². The molecule has 0 saturated carbocycles. The minimum atomic E-state index is -0.768. The average molecular weight is 360 g/mol. The fourth-order valence-corrected chi connectivity index (χ4v) is 1.89. The van der Waals surface area contributed by atoms with E-state index in [4.69, 9.17) is 15.2 Å². The van der Waals surface area contributed by atoms with Crippen LogP contribution in [0.25, 0.3) is 0 Å². The van der Waals surface area contributed by atoms with Gasteiger partial charge in [0.05, 0.1) is 24.9 Å². The van der Waals surface area contributed by atoms with Gasteiger partial charge in [0.15, 0.2) is 18.1 Å². The molecule has 114 valence electrons. The summed E-state index contributed by atoms with van der Waals surface area (Å²) in [5.41, 5.74) is 7.58. The van der Waals surface area contributed by atoms with Crippen LogP contribution in [0.5, 0.6) is 11.5 Å². The maximum atomic E-state index is 11.1. The van der Waals surface area contributed by atoms with Gasteiger partial charge in [-0.3, -0.25) is 0 Å². The molecule has 0 unspecified atom stereocenters. The number of hydrogen-bond donors (Lipinski definition) is 2. The van der Waals surface area contributed by atoms with Gasteiger partial charge in [0.2, 0.25) is 0 Å². The van der Waals surface area contributed by atoms with E-state index in [1.165, 1.54) is 20.4 Å². The topological polar surface area (TPSA) is 112 Å². The Hall–Kier alpha value is -2.29. The second kappa shape index (κ2) is 8.10. The van der Waals surface area contributed by atoms with Crippen LogP contribution in [-0.2, 0) is 9.53 Å². The van der Waals surface area contributed by atoms with Crippen LogP contribution in [-0.4, -0.2) is 39.0 Å². The lowest BCUT2D eigenvalue weighted by molar-refractivity contribution is -0.142. The first-order valence-electron chi connectivity index (χ1n) is 5.63. The number of primary amides is 1. The Morgan fingerprint density at radius 2 is 2.14 bits per heavy atom. The zero-order valence-electron chi connectivity index (χ0n) is 11.4. The second-order valence-corrected chi connectivity index (χ2v) is 4.49. The minimum absolute atomic E-state index is 0.248. The molecule has 2 amide bonds. The molecule has 9 heteroatoms. The summed E-state index contributed by atoms with van der Waals surface area (Å²) in [7, 11) is 2.72. The number of ether oxygens (including phenoxy) is 3. The number of benzene rings is 1. The Kier molecular flexibility index (Phi) is 6.47. The number of amides is 2. The molecule has 21 heavy (non-hydrogen) atoms. The molecule has 0 aliphatic rings. The number of carbonyl (C=O) groups excluding carboxylic acids is 2. The first kappa shape index (κ1) is 16.8. The summed E-state index contributed by atoms with van der Waals surface area (Å²) < 4.78 is 15.5. The van der Waals surface area contributed by atoms with Gasteiger partial charge >= 0.3 is 12.0 Å². The molecule has 0 radical (unpaired) electrons. The van der Waals surface area contributed by atoms with Crippen molar-refractivity contribution in [3.8, 4) is 11.5 Å². The summed E-state index contributed by atoms with van der Waals surface area (Å²) in [6.07, 6.45) is 1.38. The standard InChI is InChI=1S/C12H14BrN3O5/c1-19-9-4-7(5-15-16-12(14)18)3-8(13)11(9)21-6-10(17)20-2/h3-5H,6H2,1-2H3,(H3,14,16,18). The molecule has 0 heterocycles. The molecule has 0 bridgehead atoms. The van der Waals surface area contributed by atoms with Crippen LogP contribution >= 0.6 is 15.9 Å². The zero-order chi connectivity index (χ0) is 15.8. The molecule has 0 saturated heterocycles. The highest BCUT2D eigenvalue weighted by atomic mass is 79.9. The third kappa shape index (κ3) is 5.30. The third-order valence-electron chi connectivity index (χ3n) is 2.20. The van der Waals surface area contributed by atoms with Crippen molar-refractivity contribution < 1.29 is 23.8 Å². The van der Waals surface area contributed by atoms with E-state index in [1.54, 1.807) is 12.1 Å². The SMILES string of the molecule is COC(=O)COc1c(Br)cc(C=NNC(N)=O)cc1OC. The number of rotatable bonds is 6. The summed E-state index contributed by atoms with van der Waals surface area (Å²) in [5, 5.41) is 3.63. The maximum absolute atomic E-state index is 11.1. The molecular formula is C12H14BrN3O5. The fraction of sp³-hybridized carbons (Fsp3) is 0.250. The fourth-order valence-electron chi connectivity index (χ4n) is 1.31. The molecule has 0 fully saturated rings. The Morgan fingerprint density at radius 3 is 2.71 bits per heavy atom. The van der Waals surface area contributed by atoms with Gasteiger partial charge in [0.25, 0.3) is 0 Å². The number of hydrazone groups is 1. The van der Waals surface area contributed by atoms with Crippen LogP contribution in [0, 0.1) is 0 Å². The Balaban J connectivity index is 2.93. The summed E-state index contributed by atoms with van der Waals surface area (Å²) in [4.78, 5) is 21.6. The molecule has 0 atom stereocenters. The number of nitrogens with two attached hydrogens (primary N) is 1. The van der Waals surface area contributed by atoms with E-state index in [9.17, 15) is 9.59 Å². The van der Waals surface area contributed by atoms with E-state index < -0.39 is 12.0 Å². The smallest absolute Gasteiger partial charge is 0.343 e. The normalized spacial score (nSPS) is 10.2. The van der Waals surface area contributed by atoms with Crippen LogP contribution in [0.4, 0.5) is 4.79 Å². The third-order valence-corrected chi connectivity index (χ3v) is 2.79. The van der Waals surface area contributed by atoms with Gasteiger partial charge in [-0.05, 0) is 33.6 Å². The number of nitrogens with one attached hydrogen (secondary N) is 1. The van der Waals surface area contributed by atoms with E-state index >= 15 is 0 Å². The average Bonchev–Trinajstić information content (AvgIpc) is 2.44. The summed E-state index contributed by atoms with van der Waals surface area (Å²) >= 11 is 3.30. The van der Waals surface area contributed by atoms with Gasteiger partial charge in [-0.15, -0.1) is 0 Å². The lowest BCUT2D eigenvalue weighted by atomic mass is 10.2. The number of urea groups is 1. The molecule has 8 nitrogen and oxygen atoms in total. The Morgan fingerprint density at radius 1 is 1.43 bits per heavy atom.